The fourth-order valence-corrected chi connectivity index (χ4v) is 0. The Bertz CT molecular complexity index is 71.6. The predicted molar refractivity (Wildman–Crippen MR) is 27.1 cm³/mol. The highest BCUT2D eigenvalue weighted by atomic mass is 31.2. The summed E-state index contributed by atoms with van der Waals surface area (Å²) in [6.07, 6.45) is 0. The van der Waals surface area contributed by atoms with E-state index in [-0.39, 0.29) is 0 Å². The van der Waals surface area contributed by atoms with Crippen LogP contribution in [0, 0.1) is 5.16 Å². The Morgan fingerprint density at radius 3 is 1.83 bits per heavy atom. The topological polar surface area (TPSA) is 87.9 Å². The van der Waals surface area contributed by atoms with E-state index in [4.69, 9.17) is 16.2 Å². The molecule has 0 aliphatic carbocycles. The maximum atomic E-state index is 6.74. The largest absolute Gasteiger partial charge is 0.278 e. The average Bonchev–Trinajstić information content (AvgIpc) is 1.35. The Kier molecular flexibility index (Phi) is 1.74. The van der Waals surface area contributed by atoms with Crippen LogP contribution in [0.2, 0.25) is 0 Å². The van der Waals surface area contributed by atoms with Gasteiger partial charge in [0.25, 0.3) is 0 Å². The van der Waals surface area contributed by atoms with Gasteiger partial charge in [-0.05, 0) is 7.05 Å². The van der Waals surface area contributed by atoms with E-state index in [1.54, 1.807) is 7.05 Å². The highest BCUT2D eigenvalue weighted by Gasteiger charge is 1.91. The van der Waals surface area contributed by atoms with Gasteiger partial charge in [-0.3, -0.25) is 21.3 Å². The first kappa shape index (κ1) is 6.11. The summed E-state index contributed by atoms with van der Waals surface area (Å²) >= 11 is 0. The van der Waals surface area contributed by atoms with Crippen molar-refractivity contribution < 1.29 is 0 Å². The van der Waals surface area contributed by atoms with E-state index < -0.39 is 7.51 Å². The molecule has 0 fully saturated rings. The molecule has 0 aromatic heterocycles. The van der Waals surface area contributed by atoms with Crippen molar-refractivity contribution >= 4 is 7.51 Å². The molecule has 0 unspecified atom stereocenters. The molecule has 0 heterocycles. The molecule has 38 valence electrons. The summed E-state index contributed by atoms with van der Waals surface area (Å²) in [4.78, 5) is 0. The smallest absolute Gasteiger partial charge is 0.151 e. The first-order valence-corrected chi connectivity index (χ1v) is 3.39. The van der Waals surface area contributed by atoms with Gasteiger partial charge < -0.3 is 0 Å². The van der Waals surface area contributed by atoms with Crippen LogP contribution < -0.4 is 16.1 Å². The van der Waals surface area contributed by atoms with Crippen molar-refractivity contribution in [2.75, 3.05) is 7.05 Å². The number of rotatable bonds is 1. The first-order chi connectivity index (χ1) is 2.56. The maximum Gasteiger partial charge on any atom is 0.151 e. The van der Waals surface area contributed by atoms with Gasteiger partial charge in [0.2, 0.25) is 0 Å². The van der Waals surface area contributed by atoms with E-state index in [1.807, 2.05) is 0 Å². The predicted octanol–water partition coefficient (Wildman–Crippen LogP) is -0.352. The van der Waals surface area contributed by atoms with Crippen molar-refractivity contribution in [1.82, 2.24) is 5.09 Å². The highest BCUT2D eigenvalue weighted by Crippen LogP contribution is 2.15. The second kappa shape index (κ2) is 1.71. The van der Waals surface area contributed by atoms with Gasteiger partial charge in [-0.1, -0.05) is 0 Å². The molecule has 6 heavy (non-hydrogen) atoms. The van der Waals surface area contributed by atoms with Crippen molar-refractivity contribution in [3.63, 3.8) is 0 Å². The monoisotopic (exact) mass is 108 g/mol. The zero-order chi connectivity index (χ0) is 5.21. The van der Waals surface area contributed by atoms with Crippen molar-refractivity contribution in [2.45, 2.75) is 0 Å². The average molecular weight is 108 g/mol. The van der Waals surface area contributed by atoms with Crippen LogP contribution in [0.4, 0.5) is 0 Å². The Morgan fingerprint density at radius 1 is 1.67 bits per heavy atom. The minimum absolute atomic E-state index is 1.57. The third kappa shape index (κ3) is 4.11. The molecule has 0 aliphatic rings. The zero-order valence-corrected chi connectivity index (χ0v) is 4.50. The first-order valence-electron chi connectivity index (χ1n) is 1.46. The SMILES string of the molecule is CNP(=N)(N)N. The molecule has 0 amide bonds. The number of hydrogen-bond donors (Lipinski definition) is 4. The van der Waals surface area contributed by atoms with E-state index in [0.717, 1.165) is 0 Å². The van der Waals surface area contributed by atoms with E-state index in [2.05, 4.69) is 5.09 Å². The van der Waals surface area contributed by atoms with E-state index in [0.29, 0.717) is 0 Å². The lowest BCUT2D eigenvalue weighted by Crippen LogP contribution is -2.16. The summed E-state index contributed by atoms with van der Waals surface area (Å²) in [6.45, 7) is 0. The van der Waals surface area contributed by atoms with E-state index in [1.165, 1.54) is 0 Å². The summed E-state index contributed by atoms with van der Waals surface area (Å²) in [5, 5.41) is 9.17. The Hall–Kier alpha value is 0.110. The van der Waals surface area contributed by atoms with Crippen LogP contribution in [0.3, 0.4) is 0 Å². The minimum Gasteiger partial charge on any atom is -0.278 e. The van der Waals surface area contributed by atoms with Gasteiger partial charge in [0, 0.05) is 0 Å². The molecule has 0 spiro atoms. The van der Waals surface area contributed by atoms with E-state index in [9.17, 15) is 0 Å². The fraction of sp³-hybridized carbons (Fsp3) is 1.00. The molecule has 0 aromatic carbocycles. The van der Waals surface area contributed by atoms with Gasteiger partial charge in [-0.15, -0.1) is 0 Å². The summed E-state index contributed by atoms with van der Waals surface area (Å²) in [5.74, 6) is 0. The van der Waals surface area contributed by atoms with Crippen LogP contribution in [0.5, 0.6) is 0 Å². The second-order valence-electron chi connectivity index (χ2n) is 1.00. The minimum atomic E-state index is -2.40. The van der Waals surface area contributed by atoms with Crippen LogP contribution in [0.15, 0.2) is 0 Å². The summed E-state index contributed by atoms with van der Waals surface area (Å²) < 4.78 is 0. The Balaban J connectivity index is 3.48. The summed E-state index contributed by atoms with van der Waals surface area (Å²) in [7, 11) is -0.826. The third-order valence-electron chi connectivity index (χ3n) is 0.370. The van der Waals surface area contributed by atoms with Crippen LogP contribution in [0.1, 0.15) is 0 Å². The Labute approximate surface area is 36.9 Å². The highest BCUT2D eigenvalue weighted by molar-refractivity contribution is 7.58. The van der Waals surface area contributed by atoms with Crippen LogP contribution in [-0.4, -0.2) is 7.05 Å². The fourth-order valence-electron chi connectivity index (χ4n) is 0. The van der Waals surface area contributed by atoms with Gasteiger partial charge in [-0.2, -0.15) is 0 Å². The van der Waals surface area contributed by atoms with E-state index >= 15 is 0 Å². The number of nitrogens with one attached hydrogen (secondary N) is 2. The molecule has 4 nitrogen and oxygen atoms in total. The lowest BCUT2D eigenvalue weighted by molar-refractivity contribution is 1.20. The van der Waals surface area contributed by atoms with Gasteiger partial charge in [-0.25, -0.2) is 0 Å². The molecule has 0 saturated carbocycles. The van der Waals surface area contributed by atoms with Crippen LogP contribution in [0.25, 0.3) is 0 Å². The van der Waals surface area contributed by atoms with Gasteiger partial charge in [0.1, 0.15) is 0 Å². The number of nitrogens with two attached hydrogens (primary N) is 2. The summed E-state index contributed by atoms with van der Waals surface area (Å²) in [6, 6.07) is 0. The molecule has 0 aromatic rings. The maximum absolute atomic E-state index is 6.74. The lowest BCUT2D eigenvalue weighted by atomic mass is 11.6. The van der Waals surface area contributed by atoms with Crippen molar-refractivity contribution in [2.24, 2.45) is 11.0 Å². The molecule has 6 N–H and O–H groups in total. The molecule has 5 heteroatoms. The van der Waals surface area contributed by atoms with Crippen LogP contribution in [-0.2, 0) is 0 Å². The zero-order valence-electron chi connectivity index (χ0n) is 3.60. The molecule has 0 atom stereocenters. The quantitative estimate of drug-likeness (QED) is 0.346. The molecular weight excluding hydrogens is 99.0 g/mol. The lowest BCUT2D eigenvalue weighted by Gasteiger charge is -2.04. The molecular formula is CH9N4P. The Morgan fingerprint density at radius 2 is 1.83 bits per heavy atom. The van der Waals surface area contributed by atoms with Gasteiger partial charge in [0.05, 0.1) is 0 Å². The van der Waals surface area contributed by atoms with Crippen molar-refractivity contribution in [3.05, 3.63) is 0 Å². The molecule has 0 bridgehead atoms. The molecule has 0 radical (unpaired) electrons. The molecule has 0 rings (SSSR count). The third-order valence-corrected chi connectivity index (χ3v) is 1.11. The van der Waals surface area contributed by atoms with Gasteiger partial charge in [0.15, 0.2) is 7.51 Å². The normalized spacial score (nSPS) is 11.8. The van der Waals surface area contributed by atoms with Crippen LogP contribution >= 0.6 is 7.51 Å². The second-order valence-corrected chi connectivity index (χ2v) is 3.00. The molecule has 0 aliphatic heterocycles. The van der Waals surface area contributed by atoms with Crippen molar-refractivity contribution in [1.29, 1.82) is 5.16 Å². The van der Waals surface area contributed by atoms with Crippen molar-refractivity contribution in [3.8, 4) is 0 Å². The van der Waals surface area contributed by atoms with Gasteiger partial charge >= 0.3 is 0 Å². The molecule has 0 saturated heterocycles. The standard InChI is InChI=1S/CH9N4P/c1-5-6(2,3)4/h1H3,(H6,2,3,4,5). The number of hydrogen-bond acceptors (Lipinski definition) is 1. The summed E-state index contributed by atoms with van der Waals surface area (Å²) in [5.41, 5.74) is 9.96.